The molecule has 1 amide bonds. The number of carbonyl (C=O) groups is 1. The van der Waals surface area contributed by atoms with Gasteiger partial charge in [-0.1, -0.05) is 48.5 Å². The Labute approximate surface area is 162 Å². The number of nitriles is 1. The van der Waals surface area contributed by atoms with Crippen LogP contribution in [-0.2, 0) is 4.79 Å². The van der Waals surface area contributed by atoms with Crippen molar-refractivity contribution < 1.29 is 9.90 Å². The minimum absolute atomic E-state index is 0.00887. The Morgan fingerprint density at radius 1 is 0.893 bits per heavy atom. The van der Waals surface area contributed by atoms with E-state index >= 15 is 0 Å². The smallest absolute Gasteiger partial charge is 0.266 e. The molecule has 0 fully saturated rings. The lowest BCUT2D eigenvalue weighted by molar-refractivity contribution is -0.112. The largest absolute Gasteiger partial charge is 0.508 e. The molecule has 2 N–H and O–H groups in total. The van der Waals surface area contributed by atoms with E-state index in [-0.39, 0.29) is 11.3 Å². The molecular formula is C24H16N2O2. The maximum atomic E-state index is 12.6. The summed E-state index contributed by atoms with van der Waals surface area (Å²) >= 11 is 0. The van der Waals surface area contributed by atoms with E-state index in [0.29, 0.717) is 5.69 Å². The molecule has 4 rings (SSSR count). The molecule has 0 bridgehead atoms. The molecule has 0 spiro atoms. The number of carbonyl (C=O) groups excluding carboxylic acids is 1. The van der Waals surface area contributed by atoms with Gasteiger partial charge in [0.15, 0.2) is 0 Å². The van der Waals surface area contributed by atoms with Crippen LogP contribution in [0.15, 0.2) is 84.4 Å². The normalized spacial score (nSPS) is 11.3. The average molecular weight is 364 g/mol. The van der Waals surface area contributed by atoms with E-state index in [1.54, 1.807) is 18.2 Å². The number of anilines is 1. The molecule has 0 saturated heterocycles. The van der Waals surface area contributed by atoms with Crippen LogP contribution in [0.4, 0.5) is 5.69 Å². The fourth-order valence-corrected chi connectivity index (χ4v) is 3.24. The predicted octanol–water partition coefficient (Wildman–Crippen LogP) is 5.24. The summed E-state index contributed by atoms with van der Waals surface area (Å²) in [6.07, 6.45) is 1.64. The first-order valence-corrected chi connectivity index (χ1v) is 8.78. The Morgan fingerprint density at radius 2 is 1.46 bits per heavy atom. The van der Waals surface area contributed by atoms with Crippen molar-refractivity contribution in [2.45, 2.75) is 0 Å². The quantitative estimate of drug-likeness (QED) is 0.226. The van der Waals surface area contributed by atoms with Gasteiger partial charge >= 0.3 is 0 Å². The summed E-state index contributed by atoms with van der Waals surface area (Å²) in [5.41, 5.74) is 1.35. The number of phenolic OH excluding ortho intramolecular Hbond substituents is 1. The molecular weight excluding hydrogens is 348 g/mol. The summed E-state index contributed by atoms with van der Waals surface area (Å²) in [6.45, 7) is 0. The van der Waals surface area contributed by atoms with Crippen LogP contribution in [0, 0.1) is 11.3 Å². The van der Waals surface area contributed by atoms with Gasteiger partial charge in [-0.05, 0) is 63.5 Å². The third kappa shape index (κ3) is 3.29. The van der Waals surface area contributed by atoms with Crippen molar-refractivity contribution in [2.75, 3.05) is 5.32 Å². The number of phenols is 1. The van der Waals surface area contributed by atoms with Crippen molar-refractivity contribution in [3.63, 3.8) is 0 Å². The molecule has 0 radical (unpaired) electrons. The first kappa shape index (κ1) is 17.3. The summed E-state index contributed by atoms with van der Waals surface area (Å²) in [6, 6.07) is 26.0. The molecule has 4 aromatic carbocycles. The van der Waals surface area contributed by atoms with Crippen LogP contribution in [0.5, 0.6) is 5.75 Å². The molecule has 0 aromatic heterocycles. The second-order valence-electron chi connectivity index (χ2n) is 6.40. The molecule has 0 unspecified atom stereocenters. The molecule has 0 atom stereocenters. The number of hydrogen-bond donors (Lipinski definition) is 2. The van der Waals surface area contributed by atoms with Crippen molar-refractivity contribution in [1.82, 2.24) is 0 Å². The zero-order valence-electron chi connectivity index (χ0n) is 14.9. The van der Waals surface area contributed by atoms with Crippen molar-refractivity contribution in [3.8, 4) is 11.8 Å². The van der Waals surface area contributed by atoms with Gasteiger partial charge in [0, 0.05) is 5.69 Å². The standard InChI is InChI=1S/C24H16N2O2/c25-15-18(24(28)26-19-9-11-20(27)12-10-19)14-23-21-7-3-1-5-16(21)13-17-6-2-4-8-22(17)23/h1-14,27H,(H,26,28)/b18-14-. The van der Waals surface area contributed by atoms with E-state index in [4.69, 9.17) is 0 Å². The third-order valence-corrected chi connectivity index (χ3v) is 4.59. The van der Waals surface area contributed by atoms with Crippen molar-refractivity contribution in [1.29, 1.82) is 5.26 Å². The van der Waals surface area contributed by atoms with E-state index in [1.165, 1.54) is 12.1 Å². The monoisotopic (exact) mass is 364 g/mol. The number of amides is 1. The third-order valence-electron chi connectivity index (χ3n) is 4.59. The summed E-state index contributed by atoms with van der Waals surface area (Å²) in [5, 5.41) is 25.7. The Balaban J connectivity index is 1.83. The van der Waals surface area contributed by atoms with Crippen LogP contribution in [0.2, 0.25) is 0 Å². The maximum Gasteiger partial charge on any atom is 0.266 e. The summed E-state index contributed by atoms with van der Waals surface area (Å²) in [7, 11) is 0. The Hall–Kier alpha value is -4.10. The number of hydrogen-bond acceptors (Lipinski definition) is 3. The highest BCUT2D eigenvalue weighted by Crippen LogP contribution is 2.30. The molecule has 0 aliphatic rings. The maximum absolute atomic E-state index is 12.6. The minimum atomic E-state index is -0.495. The molecule has 4 aromatic rings. The van der Waals surface area contributed by atoms with Gasteiger partial charge in [0.2, 0.25) is 0 Å². The van der Waals surface area contributed by atoms with E-state index < -0.39 is 5.91 Å². The highest BCUT2D eigenvalue weighted by Gasteiger charge is 2.12. The van der Waals surface area contributed by atoms with Gasteiger partial charge in [0.25, 0.3) is 5.91 Å². The van der Waals surface area contributed by atoms with Crippen LogP contribution in [0.3, 0.4) is 0 Å². The lowest BCUT2D eigenvalue weighted by Crippen LogP contribution is -2.13. The minimum Gasteiger partial charge on any atom is -0.508 e. The van der Waals surface area contributed by atoms with Gasteiger partial charge in [-0.3, -0.25) is 4.79 Å². The first-order valence-electron chi connectivity index (χ1n) is 8.78. The lowest BCUT2D eigenvalue weighted by atomic mass is 9.95. The number of fused-ring (bicyclic) bond motifs is 2. The average Bonchev–Trinajstić information content (AvgIpc) is 2.72. The van der Waals surface area contributed by atoms with Crippen LogP contribution >= 0.6 is 0 Å². The molecule has 4 nitrogen and oxygen atoms in total. The number of benzene rings is 4. The van der Waals surface area contributed by atoms with Crippen LogP contribution < -0.4 is 5.32 Å². The number of aromatic hydroxyl groups is 1. The Bertz CT molecular complexity index is 1210. The molecule has 0 heterocycles. The molecule has 0 aliphatic heterocycles. The van der Waals surface area contributed by atoms with Gasteiger partial charge in [-0.15, -0.1) is 0 Å². The second-order valence-corrected chi connectivity index (χ2v) is 6.40. The highest BCUT2D eigenvalue weighted by atomic mass is 16.3. The van der Waals surface area contributed by atoms with Crippen molar-refractivity contribution >= 4 is 39.2 Å². The van der Waals surface area contributed by atoms with E-state index in [1.807, 2.05) is 54.6 Å². The van der Waals surface area contributed by atoms with Crippen molar-refractivity contribution in [2.24, 2.45) is 0 Å². The molecule has 0 saturated carbocycles. The fraction of sp³-hybridized carbons (Fsp3) is 0. The topological polar surface area (TPSA) is 73.1 Å². The van der Waals surface area contributed by atoms with Gasteiger partial charge in [-0.2, -0.15) is 5.26 Å². The van der Waals surface area contributed by atoms with Gasteiger partial charge in [-0.25, -0.2) is 0 Å². The molecule has 134 valence electrons. The summed E-state index contributed by atoms with van der Waals surface area (Å²) < 4.78 is 0. The number of nitrogens with one attached hydrogen (secondary N) is 1. The first-order chi connectivity index (χ1) is 13.7. The second kappa shape index (κ2) is 7.26. The van der Waals surface area contributed by atoms with Crippen LogP contribution in [0.25, 0.3) is 27.6 Å². The zero-order chi connectivity index (χ0) is 19.5. The number of rotatable bonds is 3. The summed E-state index contributed by atoms with van der Waals surface area (Å²) in [4.78, 5) is 12.6. The van der Waals surface area contributed by atoms with Crippen LogP contribution in [0.1, 0.15) is 5.56 Å². The summed E-state index contributed by atoms with van der Waals surface area (Å²) in [5.74, 6) is -0.388. The zero-order valence-corrected chi connectivity index (χ0v) is 14.9. The SMILES string of the molecule is N#C/C(=C/c1c2ccccc2cc2ccccc12)C(=O)Nc1ccc(O)cc1. The van der Waals surface area contributed by atoms with Gasteiger partial charge in [0.1, 0.15) is 17.4 Å². The van der Waals surface area contributed by atoms with E-state index in [9.17, 15) is 15.2 Å². The Morgan fingerprint density at radius 3 is 2.04 bits per heavy atom. The van der Waals surface area contributed by atoms with Gasteiger partial charge in [0.05, 0.1) is 0 Å². The molecule has 4 heteroatoms. The molecule has 0 aliphatic carbocycles. The highest BCUT2D eigenvalue weighted by molar-refractivity contribution is 6.14. The lowest BCUT2D eigenvalue weighted by Gasteiger charge is -2.09. The van der Waals surface area contributed by atoms with E-state index in [0.717, 1.165) is 27.1 Å². The number of nitrogens with zero attached hydrogens (tertiary/aromatic N) is 1. The van der Waals surface area contributed by atoms with Crippen LogP contribution in [-0.4, -0.2) is 11.0 Å². The fourth-order valence-electron chi connectivity index (χ4n) is 3.24. The Kier molecular flexibility index (Phi) is 4.49. The molecule has 28 heavy (non-hydrogen) atoms. The van der Waals surface area contributed by atoms with Gasteiger partial charge < -0.3 is 10.4 Å². The van der Waals surface area contributed by atoms with E-state index in [2.05, 4.69) is 11.4 Å². The van der Waals surface area contributed by atoms with Crippen molar-refractivity contribution in [3.05, 3.63) is 90.0 Å². The predicted molar refractivity (Wildman–Crippen MR) is 112 cm³/mol.